The minimum atomic E-state index is -0.286. The minimum absolute atomic E-state index is 0.0740. The molecule has 3 aromatic rings. The SMILES string of the molecule is CC(Sc1nnc(N)s1)C(=O)Nc1cccc2ccccc12. The average molecular weight is 330 g/mol. The third-order valence-corrected chi connectivity index (χ3v) is 5.05. The van der Waals surface area contributed by atoms with Gasteiger partial charge in [0, 0.05) is 11.1 Å². The number of hydrogen-bond donors (Lipinski definition) is 2. The lowest BCUT2D eigenvalue weighted by Crippen LogP contribution is -2.22. The van der Waals surface area contributed by atoms with Crippen molar-refractivity contribution in [1.29, 1.82) is 0 Å². The first-order valence-corrected chi connectivity index (χ1v) is 8.37. The normalized spacial score (nSPS) is 12.2. The van der Waals surface area contributed by atoms with Gasteiger partial charge in [-0.05, 0) is 18.4 Å². The first-order chi connectivity index (χ1) is 10.6. The molecule has 1 heterocycles. The van der Waals surface area contributed by atoms with Crippen LogP contribution in [-0.4, -0.2) is 21.4 Å². The molecule has 0 bridgehead atoms. The number of fused-ring (bicyclic) bond motifs is 1. The maximum Gasteiger partial charge on any atom is 0.237 e. The Hall–Kier alpha value is -2.12. The Morgan fingerprint density at radius 3 is 2.77 bits per heavy atom. The van der Waals surface area contributed by atoms with Crippen molar-refractivity contribution in [1.82, 2.24) is 10.2 Å². The lowest BCUT2D eigenvalue weighted by molar-refractivity contribution is -0.115. The predicted molar refractivity (Wildman–Crippen MR) is 92.2 cm³/mol. The Morgan fingerprint density at radius 2 is 2.00 bits per heavy atom. The second kappa shape index (κ2) is 6.33. The molecular weight excluding hydrogens is 316 g/mol. The molecule has 0 aliphatic heterocycles. The van der Waals surface area contributed by atoms with E-state index in [9.17, 15) is 4.79 Å². The highest BCUT2D eigenvalue weighted by Crippen LogP contribution is 2.29. The highest BCUT2D eigenvalue weighted by molar-refractivity contribution is 8.02. The number of carbonyl (C=O) groups excluding carboxylic acids is 1. The van der Waals surface area contributed by atoms with E-state index < -0.39 is 0 Å². The molecular formula is C15H14N4OS2. The summed E-state index contributed by atoms with van der Waals surface area (Å²) in [6.45, 7) is 1.84. The molecule has 0 saturated heterocycles. The van der Waals surface area contributed by atoms with Gasteiger partial charge in [0.2, 0.25) is 11.0 Å². The molecule has 7 heteroatoms. The summed E-state index contributed by atoms with van der Waals surface area (Å²) in [4.78, 5) is 12.4. The van der Waals surface area contributed by atoms with E-state index >= 15 is 0 Å². The van der Waals surface area contributed by atoms with Crippen LogP contribution in [0.3, 0.4) is 0 Å². The van der Waals surface area contributed by atoms with Crippen LogP contribution in [0, 0.1) is 0 Å². The Kier molecular flexibility index (Phi) is 4.26. The summed E-state index contributed by atoms with van der Waals surface area (Å²) < 4.78 is 0.693. The van der Waals surface area contributed by atoms with Crippen LogP contribution in [0.25, 0.3) is 10.8 Å². The second-order valence-corrected chi connectivity index (χ2v) is 7.28. The van der Waals surface area contributed by atoms with Crippen molar-refractivity contribution >= 4 is 50.6 Å². The Labute approximate surface area is 135 Å². The smallest absolute Gasteiger partial charge is 0.237 e. The van der Waals surface area contributed by atoms with Gasteiger partial charge in [-0.3, -0.25) is 4.79 Å². The molecule has 1 amide bonds. The molecule has 112 valence electrons. The van der Waals surface area contributed by atoms with Crippen molar-refractivity contribution in [2.75, 3.05) is 11.1 Å². The van der Waals surface area contributed by atoms with Crippen molar-refractivity contribution in [2.24, 2.45) is 0 Å². The van der Waals surface area contributed by atoms with E-state index in [1.807, 2.05) is 49.4 Å². The van der Waals surface area contributed by atoms with E-state index in [-0.39, 0.29) is 11.2 Å². The quantitative estimate of drug-likeness (QED) is 0.717. The van der Waals surface area contributed by atoms with Crippen LogP contribution in [0.15, 0.2) is 46.8 Å². The topological polar surface area (TPSA) is 80.9 Å². The summed E-state index contributed by atoms with van der Waals surface area (Å²) in [5.74, 6) is -0.0740. The molecule has 1 aromatic heterocycles. The maximum atomic E-state index is 12.4. The number of carbonyl (C=O) groups is 1. The van der Waals surface area contributed by atoms with E-state index in [4.69, 9.17) is 5.73 Å². The Bertz CT molecular complexity index is 813. The number of benzene rings is 2. The fraction of sp³-hybridized carbons (Fsp3) is 0.133. The van der Waals surface area contributed by atoms with Crippen LogP contribution in [0.1, 0.15) is 6.92 Å². The molecule has 0 fully saturated rings. The molecule has 22 heavy (non-hydrogen) atoms. The first-order valence-electron chi connectivity index (χ1n) is 6.68. The number of rotatable bonds is 4. The Morgan fingerprint density at radius 1 is 1.23 bits per heavy atom. The number of amides is 1. The standard InChI is InChI=1S/C15H14N4OS2/c1-9(21-15-19-18-14(16)22-15)13(20)17-12-8-4-6-10-5-2-3-7-11(10)12/h2-9H,1H3,(H2,16,18)(H,17,20). The van der Waals surface area contributed by atoms with Gasteiger partial charge in [0.25, 0.3) is 0 Å². The molecule has 1 atom stereocenters. The lowest BCUT2D eigenvalue weighted by atomic mass is 10.1. The largest absolute Gasteiger partial charge is 0.374 e. The molecule has 3 N–H and O–H groups in total. The highest BCUT2D eigenvalue weighted by atomic mass is 32.2. The molecule has 0 aliphatic rings. The van der Waals surface area contributed by atoms with Crippen LogP contribution in [0.5, 0.6) is 0 Å². The van der Waals surface area contributed by atoms with Gasteiger partial charge in [-0.25, -0.2) is 0 Å². The molecule has 1 unspecified atom stereocenters. The van der Waals surface area contributed by atoms with Crippen molar-refractivity contribution < 1.29 is 4.79 Å². The van der Waals surface area contributed by atoms with Crippen LogP contribution in [-0.2, 0) is 4.79 Å². The number of nitrogen functional groups attached to an aromatic ring is 1. The third-order valence-electron chi connectivity index (χ3n) is 3.12. The molecule has 3 rings (SSSR count). The van der Waals surface area contributed by atoms with Crippen molar-refractivity contribution in [2.45, 2.75) is 16.5 Å². The van der Waals surface area contributed by atoms with Gasteiger partial charge < -0.3 is 11.1 Å². The lowest BCUT2D eigenvalue weighted by Gasteiger charge is -2.12. The zero-order chi connectivity index (χ0) is 15.5. The summed E-state index contributed by atoms with van der Waals surface area (Å²) in [6, 6.07) is 13.8. The van der Waals surface area contributed by atoms with Crippen molar-refractivity contribution in [3.05, 3.63) is 42.5 Å². The fourth-order valence-corrected chi connectivity index (χ4v) is 3.82. The molecule has 0 aliphatic carbocycles. The number of thioether (sulfide) groups is 1. The summed E-state index contributed by atoms with van der Waals surface area (Å²) in [5.41, 5.74) is 6.36. The second-order valence-electron chi connectivity index (χ2n) is 4.68. The zero-order valence-corrected chi connectivity index (χ0v) is 13.4. The summed E-state index contributed by atoms with van der Waals surface area (Å²) in [6.07, 6.45) is 0. The number of nitrogens with one attached hydrogen (secondary N) is 1. The van der Waals surface area contributed by atoms with Crippen molar-refractivity contribution in [3.63, 3.8) is 0 Å². The van der Waals surface area contributed by atoms with E-state index in [2.05, 4.69) is 15.5 Å². The van der Waals surface area contributed by atoms with Crippen LogP contribution in [0.2, 0.25) is 0 Å². The Balaban J connectivity index is 1.75. The van der Waals surface area contributed by atoms with E-state index in [1.165, 1.54) is 23.1 Å². The van der Waals surface area contributed by atoms with Crippen LogP contribution < -0.4 is 11.1 Å². The number of anilines is 2. The molecule has 0 radical (unpaired) electrons. The fourth-order valence-electron chi connectivity index (χ4n) is 2.04. The zero-order valence-electron chi connectivity index (χ0n) is 11.8. The van der Waals surface area contributed by atoms with Gasteiger partial charge in [-0.15, -0.1) is 10.2 Å². The molecule has 2 aromatic carbocycles. The van der Waals surface area contributed by atoms with Gasteiger partial charge in [0.15, 0.2) is 4.34 Å². The van der Waals surface area contributed by atoms with E-state index in [1.54, 1.807) is 0 Å². The molecule has 0 saturated carbocycles. The number of nitrogens with zero attached hydrogens (tertiary/aromatic N) is 2. The van der Waals surface area contributed by atoms with Gasteiger partial charge in [-0.2, -0.15) is 0 Å². The summed E-state index contributed by atoms with van der Waals surface area (Å²) in [7, 11) is 0. The monoisotopic (exact) mass is 330 g/mol. The van der Waals surface area contributed by atoms with Crippen molar-refractivity contribution in [3.8, 4) is 0 Å². The highest BCUT2D eigenvalue weighted by Gasteiger charge is 2.17. The first kappa shape index (κ1) is 14.8. The van der Waals surface area contributed by atoms with E-state index in [0.717, 1.165) is 16.5 Å². The molecule has 0 spiro atoms. The summed E-state index contributed by atoms with van der Waals surface area (Å²) in [5, 5.41) is 12.9. The number of hydrogen-bond acceptors (Lipinski definition) is 6. The van der Waals surface area contributed by atoms with Gasteiger partial charge in [-0.1, -0.05) is 59.5 Å². The number of nitrogens with two attached hydrogens (primary N) is 1. The third kappa shape index (κ3) is 3.20. The van der Waals surface area contributed by atoms with Crippen LogP contribution >= 0.6 is 23.1 Å². The van der Waals surface area contributed by atoms with E-state index in [0.29, 0.717) is 9.47 Å². The van der Waals surface area contributed by atoms with Gasteiger partial charge in [0.05, 0.1) is 5.25 Å². The molecule has 5 nitrogen and oxygen atoms in total. The van der Waals surface area contributed by atoms with Crippen LogP contribution in [0.4, 0.5) is 10.8 Å². The maximum absolute atomic E-state index is 12.4. The van der Waals surface area contributed by atoms with Gasteiger partial charge >= 0.3 is 0 Å². The minimum Gasteiger partial charge on any atom is -0.374 e. The predicted octanol–water partition coefficient (Wildman–Crippen LogP) is 3.39. The number of aromatic nitrogens is 2. The summed E-state index contributed by atoms with van der Waals surface area (Å²) >= 11 is 2.63. The average Bonchev–Trinajstić information content (AvgIpc) is 2.92. The van der Waals surface area contributed by atoms with Gasteiger partial charge in [0.1, 0.15) is 0 Å².